The molecule has 5 nitrogen and oxygen atoms in total. The fraction of sp³-hybridized carbons (Fsp3) is 0.857. The summed E-state index contributed by atoms with van der Waals surface area (Å²) in [6.07, 6.45) is 6.48. The molecule has 104 valence electrons. The Morgan fingerprint density at radius 2 is 2.00 bits per heavy atom. The van der Waals surface area contributed by atoms with E-state index in [0.29, 0.717) is 5.92 Å². The van der Waals surface area contributed by atoms with Crippen LogP contribution in [0.15, 0.2) is 4.42 Å². The van der Waals surface area contributed by atoms with Crippen LogP contribution in [0.2, 0.25) is 0 Å². The number of hydrogen-bond acceptors (Lipinski definition) is 5. The molecule has 4 rings (SSSR count). The zero-order valence-electron chi connectivity index (χ0n) is 11.4. The summed E-state index contributed by atoms with van der Waals surface area (Å²) in [5, 5.41) is 8.44. The Morgan fingerprint density at radius 3 is 2.84 bits per heavy atom. The topological polar surface area (TPSA) is 45.4 Å². The highest BCUT2D eigenvalue weighted by Gasteiger charge is 2.31. The molecule has 1 aliphatic carbocycles. The first-order valence-electron chi connectivity index (χ1n) is 7.67. The van der Waals surface area contributed by atoms with Crippen molar-refractivity contribution in [1.82, 2.24) is 20.0 Å². The lowest BCUT2D eigenvalue weighted by atomic mass is 9.85. The molecule has 1 aromatic rings. The van der Waals surface area contributed by atoms with Gasteiger partial charge in [0.1, 0.15) is 0 Å². The van der Waals surface area contributed by atoms with Crippen LogP contribution in [0.1, 0.15) is 49.8 Å². The van der Waals surface area contributed by atoms with Crippen LogP contribution in [-0.2, 0) is 6.54 Å². The van der Waals surface area contributed by atoms with E-state index in [1.54, 1.807) is 0 Å². The van der Waals surface area contributed by atoms with Gasteiger partial charge >= 0.3 is 0 Å². The SMILES string of the molecule is C1CC(c2nnc(CN3CCN4CCC[C@@H]4C3)o2)C1. The standard InChI is InChI=1S/C14H22N4O/c1-3-11(4-1)14-16-15-13(19-14)10-17-7-8-18-6-2-5-12(18)9-17/h11-12H,1-10H2/t12-/m1/s1. The molecule has 3 aliphatic rings. The minimum Gasteiger partial charge on any atom is -0.424 e. The Bertz CT molecular complexity index is 442. The smallest absolute Gasteiger partial charge is 0.230 e. The van der Waals surface area contributed by atoms with Crippen molar-refractivity contribution in [2.24, 2.45) is 0 Å². The highest BCUT2D eigenvalue weighted by Crippen LogP contribution is 2.35. The molecule has 0 N–H and O–H groups in total. The lowest BCUT2D eigenvalue weighted by molar-refractivity contribution is 0.0920. The van der Waals surface area contributed by atoms with Crippen LogP contribution in [0, 0.1) is 0 Å². The number of rotatable bonds is 3. The zero-order valence-corrected chi connectivity index (χ0v) is 11.4. The molecule has 1 saturated carbocycles. The molecule has 2 aliphatic heterocycles. The fourth-order valence-electron chi connectivity index (χ4n) is 3.54. The number of nitrogens with zero attached hydrogens (tertiary/aromatic N) is 4. The van der Waals surface area contributed by atoms with Gasteiger partial charge in [0.05, 0.1) is 6.54 Å². The molecule has 19 heavy (non-hydrogen) atoms. The first kappa shape index (κ1) is 11.9. The van der Waals surface area contributed by atoms with Gasteiger partial charge in [-0.05, 0) is 32.2 Å². The fourth-order valence-corrected chi connectivity index (χ4v) is 3.54. The van der Waals surface area contributed by atoms with E-state index in [1.165, 1.54) is 51.7 Å². The molecule has 0 aromatic carbocycles. The maximum atomic E-state index is 5.82. The van der Waals surface area contributed by atoms with Crippen LogP contribution >= 0.6 is 0 Å². The second kappa shape index (κ2) is 4.87. The van der Waals surface area contributed by atoms with Gasteiger partial charge in [0.25, 0.3) is 0 Å². The number of piperazine rings is 1. The summed E-state index contributed by atoms with van der Waals surface area (Å²) < 4.78 is 5.82. The van der Waals surface area contributed by atoms with Crippen molar-refractivity contribution in [3.05, 3.63) is 11.8 Å². The van der Waals surface area contributed by atoms with Crippen molar-refractivity contribution < 1.29 is 4.42 Å². The molecule has 3 heterocycles. The number of hydrogen-bond donors (Lipinski definition) is 0. The van der Waals surface area contributed by atoms with Gasteiger partial charge in [0.15, 0.2) is 0 Å². The molecule has 0 bridgehead atoms. The van der Waals surface area contributed by atoms with E-state index in [9.17, 15) is 0 Å². The van der Waals surface area contributed by atoms with Crippen molar-refractivity contribution in [2.75, 3.05) is 26.2 Å². The number of fused-ring (bicyclic) bond motifs is 1. The zero-order chi connectivity index (χ0) is 12.7. The predicted molar refractivity (Wildman–Crippen MR) is 70.8 cm³/mol. The van der Waals surface area contributed by atoms with Gasteiger partial charge < -0.3 is 4.42 Å². The van der Waals surface area contributed by atoms with Crippen molar-refractivity contribution in [3.8, 4) is 0 Å². The summed E-state index contributed by atoms with van der Waals surface area (Å²) >= 11 is 0. The number of aromatic nitrogens is 2. The summed E-state index contributed by atoms with van der Waals surface area (Å²) in [4.78, 5) is 5.11. The maximum absolute atomic E-state index is 5.82. The van der Waals surface area contributed by atoms with Crippen molar-refractivity contribution >= 4 is 0 Å². The highest BCUT2D eigenvalue weighted by molar-refractivity contribution is 4.97. The molecule has 1 atom stereocenters. The molecular formula is C14H22N4O. The van der Waals surface area contributed by atoms with E-state index in [-0.39, 0.29) is 0 Å². The third kappa shape index (κ3) is 2.30. The Hall–Kier alpha value is -0.940. The summed E-state index contributed by atoms with van der Waals surface area (Å²) in [7, 11) is 0. The van der Waals surface area contributed by atoms with Gasteiger partial charge in [-0.1, -0.05) is 6.42 Å². The predicted octanol–water partition coefficient (Wildman–Crippen LogP) is 1.62. The van der Waals surface area contributed by atoms with E-state index >= 15 is 0 Å². The molecule has 0 radical (unpaired) electrons. The second-order valence-corrected chi connectivity index (χ2v) is 6.23. The van der Waals surface area contributed by atoms with Gasteiger partial charge in [-0.25, -0.2) is 0 Å². The van der Waals surface area contributed by atoms with Crippen molar-refractivity contribution in [3.63, 3.8) is 0 Å². The molecule has 1 aromatic heterocycles. The van der Waals surface area contributed by atoms with Crippen molar-refractivity contribution in [2.45, 2.75) is 50.6 Å². The quantitative estimate of drug-likeness (QED) is 0.828. The average molecular weight is 262 g/mol. The normalized spacial score (nSPS) is 29.4. The third-order valence-corrected chi connectivity index (χ3v) is 4.97. The van der Waals surface area contributed by atoms with Crippen LogP contribution in [-0.4, -0.2) is 52.2 Å². The Labute approximate surface area is 114 Å². The summed E-state index contributed by atoms with van der Waals surface area (Å²) in [6, 6.07) is 0.766. The van der Waals surface area contributed by atoms with E-state index in [4.69, 9.17) is 4.42 Å². The second-order valence-electron chi connectivity index (χ2n) is 6.23. The van der Waals surface area contributed by atoms with Crippen LogP contribution in [0.4, 0.5) is 0 Å². The summed E-state index contributed by atoms with van der Waals surface area (Å²) in [5.41, 5.74) is 0. The van der Waals surface area contributed by atoms with E-state index in [1.807, 2.05) is 0 Å². The largest absolute Gasteiger partial charge is 0.424 e. The Balaban J connectivity index is 1.37. The summed E-state index contributed by atoms with van der Waals surface area (Å²) in [6.45, 7) is 5.64. The highest BCUT2D eigenvalue weighted by atomic mass is 16.4. The minimum atomic E-state index is 0.549. The molecule has 3 fully saturated rings. The van der Waals surface area contributed by atoms with Crippen molar-refractivity contribution in [1.29, 1.82) is 0 Å². The van der Waals surface area contributed by atoms with Gasteiger partial charge in [-0.15, -0.1) is 10.2 Å². The van der Waals surface area contributed by atoms with Crippen LogP contribution < -0.4 is 0 Å². The van der Waals surface area contributed by atoms with Crippen LogP contribution in [0.3, 0.4) is 0 Å². The first-order valence-corrected chi connectivity index (χ1v) is 7.67. The van der Waals surface area contributed by atoms with E-state index < -0.39 is 0 Å². The van der Waals surface area contributed by atoms with E-state index in [0.717, 1.165) is 30.9 Å². The Morgan fingerprint density at radius 1 is 1.05 bits per heavy atom. The summed E-state index contributed by atoms with van der Waals surface area (Å²) in [5.74, 6) is 2.24. The lowest BCUT2D eigenvalue weighted by Crippen LogP contribution is -2.49. The Kier molecular flexibility index (Phi) is 3.04. The van der Waals surface area contributed by atoms with Gasteiger partial charge in [0, 0.05) is 31.6 Å². The minimum absolute atomic E-state index is 0.549. The van der Waals surface area contributed by atoms with E-state index in [2.05, 4.69) is 20.0 Å². The third-order valence-electron chi connectivity index (χ3n) is 4.97. The van der Waals surface area contributed by atoms with Crippen LogP contribution in [0.5, 0.6) is 0 Å². The molecule has 0 spiro atoms. The molecular weight excluding hydrogens is 240 g/mol. The van der Waals surface area contributed by atoms with Gasteiger partial charge in [-0.2, -0.15) is 0 Å². The molecule has 0 unspecified atom stereocenters. The molecule has 0 amide bonds. The lowest BCUT2D eigenvalue weighted by Gasteiger charge is -2.36. The first-order chi connectivity index (χ1) is 9.38. The van der Waals surface area contributed by atoms with Gasteiger partial charge in [-0.3, -0.25) is 9.80 Å². The monoisotopic (exact) mass is 262 g/mol. The molecule has 5 heteroatoms. The van der Waals surface area contributed by atoms with Crippen LogP contribution in [0.25, 0.3) is 0 Å². The average Bonchev–Trinajstić information content (AvgIpc) is 2.96. The van der Waals surface area contributed by atoms with Gasteiger partial charge in [0.2, 0.25) is 11.8 Å². The maximum Gasteiger partial charge on any atom is 0.230 e. The molecule has 2 saturated heterocycles.